The molecule has 1 fully saturated rings. The highest BCUT2D eigenvalue weighted by atomic mass is 16.2. The van der Waals surface area contributed by atoms with Crippen LogP contribution in [0.25, 0.3) is 0 Å². The first kappa shape index (κ1) is 9.70. The molecule has 0 saturated carbocycles. The molecule has 80 valence electrons. The Balaban J connectivity index is 1.93. The molecule has 0 spiro atoms. The Morgan fingerprint density at radius 1 is 1.60 bits per heavy atom. The molecule has 6 nitrogen and oxygen atoms in total. The van der Waals surface area contributed by atoms with Gasteiger partial charge >= 0.3 is 0 Å². The third kappa shape index (κ3) is 2.34. The van der Waals surface area contributed by atoms with Crippen LogP contribution in [0.5, 0.6) is 0 Å². The van der Waals surface area contributed by atoms with Crippen molar-refractivity contribution >= 4 is 11.8 Å². The van der Waals surface area contributed by atoms with Crippen LogP contribution in [0.15, 0.2) is 18.5 Å². The second-order valence-corrected chi connectivity index (χ2v) is 3.37. The number of aromatic nitrogens is 2. The van der Waals surface area contributed by atoms with Crippen molar-refractivity contribution in [2.75, 3.05) is 19.6 Å². The molecule has 15 heavy (non-hydrogen) atoms. The van der Waals surface area contributed by atoms with E-state index in [1.165, 1.54) is 0 Å². The lowest BCUT2D eigenvalue weighted by Crippen LogP contribution is -2.50. The standard InChI is InChI=1S/C9H12N4O2/c14-8-6-12(5-3-10-8)9(15)7-13-4-1-2-11-13/h1-2,4H,3,5-7H2,(H,10,14). The number of amides is 2. The van der Waals surface area contributed by atoms with E-state index in [2.05, 4.69) is 10.4 Å². The Labute approximate surface area is 86.9 Å². The normalized spacial score (nSPS) is 16.3. The zero-order valence-corrected chi connectivity index (χ0v) is 8.22. The number of rotatable bonds is 2. The predicted octanol–water partition coefficient (Wildman–Crippen LogP) is -1.16. The molecule has 1 aliphatic heterocycles. The third-order valence-corrected chi connectivity index (χ3v) is 2.25. The minimum Gasteiger partial charge on any atom is -0.353 e. The van der Waals surface area contributed by atoms with E-state index in [0.717, 1.165) is 0 Å². The molecule has 0 radical (unpaired) electrons. The van der Waals surface area contributed by atoms with Crippen molar-refractivity contribution in [1.29, 1.82) is 0 Å². The summed E-state index contributed by atoms with van der Waals surface area (Å²) in [6.07, 6.45) is 3.35. The van der Waals surface area contributed by atoms with Crippen LogP contribution in [-0.2, 0) is 16.1 Å². The minimum absolute atomic E-state index is 0.0754. The predicted molar refractivity (Wildman–Crippen MR) is 51.8 cm³/mol. The highest BCUT2D eigenvalue weighted by Crippen LogP contribution is 1.96. The Kier molecular flexibility index (Phi) is 2.66. The molecule has 0 bridgehead atoms. The van der Waals surface area contributed by atoms with Crippen molar-refractivity contribution in [2.45, 2.75) is 6.54 Å². The van der Waals surface area contributed by atoms with Crippen molar-refractivity contribution in [2.24, 2.45) is 0 Å². The number of hydrogen-bond donors (Lipinski definition) is 1. The van der Waals surface area contributed by atoms with Gasteiger partial charge < -0.3 is 10.2 Å². The van der Waals surface area contributed by atoms with Crippen LogP contribution in [0, 0.1) is 0 Å². The summed E-state index contributed by atoms with van der Waals surface area (Å²) in [6.45, 7) is 1.45. The number of carbonyl (C=O) groups is 2. The zero-order chi connectivity index (χ0) is 10.7. The van der Waals surface area contributed by atoms with Crippen molar-refractivity contribution in [3.05, 3.63) is 18.5 Å². The first-order valence-corrected chi connectivity index (χ1v) is 4.77. The van der Waals surface area contributed by atoms with Crippen LogP contribution in [-0.4, -0.2) is 46.1 Å². The van der Waals surface area contributed by atoms with Crippen LogP contribution in [0.4, 0.5) is 0 Å². The average molecular weight is 208 g/mol. The van der Waals surface area contributed by atoms with Gasteiger partial charge in [-0.25, -0.2) is 0 Å². The number of nitrogens with zero attached hydrogens (tertiary/aromatic N) is 3. The van der Waals surface area contributed by atoms with E-state index in [4.69, 9.17) is 0 Å². The van der Waals surface area contributed by atoms with Gasteiger partial charge in [-0.3, -0.25) is 14.3 Å². The van der Waals surface area contributed by atoms with Gasteiger partial charge in [0.1, 0.15) is 6.54 Å². The maximum atomic E-state index is 11.7. The molecule has 1 saturated heterocycles. The summed E-state index contributed by atoms with van der Waals surface area (Å²) >= 11 is 0. The summed E-state index contributed by atoms with van der Waals surface area (Å²) in [6, 6.07) is 1.76. The van der Waals surface area contributed by atoms with Crippen LogP contribution in [0.3, 0.4) is 0 Å². The molecule has 0 atom stereocenters. The molecule has 2 rings (SSSR count). The number of hydrogen-bond acceptors (Lipinski definition) is 3. The maximum absolute atomic E-state index is 11.7. The van der Waals surface area contributed by atoms with E-state index in [1.807, 2.05) is 0 Å². The Morgan fingerprint density at radius 2 is 2.47 bits per heavy atom. The van der Waals surface area contributed by atoms with Crippen LogP contribution in [0.2, 0.25) is 0 Å². The highest BCUT2D eigenvalue weighted by molar-refractivity contribution is 5.85. The fraction of sp³-hybridized carbons (Fsp3) is 0.444. The first-order chi connectivity index (χ1) is 7.25. The molecule has 2 amide bonds. The molecule has 0 aromatic carbocycles. The Hall–Kier alpha value is -1.85. The number of piperazine rings is 1. The number of nitrogens with one attached hydrogen (secondary N) is 1. The van der Waals surface area contributed by atoms with Crippen LogP contribution >= 0.6 is 0 Å². The second-order valence-electron chi connectivity index (χ2n) is 3.37. The van der Waals surface area contributed by atoms with E-state index < -0.39 is 0 Å². The average Bonchev–Trinajstić information content (AvgIpc) is 2.70. The van der Waals surface area contributed by atoms with Gasteiger partial charge in [0.25, 0.3) is 0 Å². The largest absolute Gasteiger partial charge is 0.353 e. The first-order valence-electron chi connectivity index (χ1n) is 4.77. The van der Waals surface area contributed by atoms with Gasteiger partial charge in [0.15, 0.2) is 0 Å². The highest BCUT2D eigenvalue weighted by Gasteiger charge is 2.20. The molecule has 2 heterocycles. The molecule has 0 unspecified atom stereocenters. The van der Waals surface area contributed by atoms with E-state index in [-0.39, 0.29) is 24.9 Å². The summed E-state index contributed by atoms with van der Waals surface area (Å²) in [7, 11) is 0. The zero-order valence-electron chi connectivity index (χ0n) is 8.22. The molecule has 1 N–H and O–H groups in total. The van der Waals surface area contributed by atoms with E-state index in [1.54, 1.807) is 28.0 Å². The van der Waals surface area contributed by atoms with Crippen molar-refractivity contribution in [1.82, 2.24) is 20.0 Å². The minimum atomic E-state index is -0.102. The fourth-order valence-corrected chi connectivity index (χ4v) is 1.48. The lowest BCUT2D eigenvalue weighted by molar-refractivity contribution is -0.138. The molecule has 0 aliphatic carbocycles. The lowest BCUT2D eigenvalue weighted by Gasteiger charge is -2.26. The summed E-state index contributed by atoms with van der Waals surface area (Å²) in [5, 5.41) is 6.61. The van der Waals surface area contributed by atoms with Gasteiger partial charge in [-0.05, 0) is 6.07 Å². The van der Waals surface area contributed by atoms with E-state index >= 15 is 0 Å². The Bertz CT molecular complexity index is 360. The van der Waals surface area contributed by atoms with Crippen molar-refractivity contribution in [3.63, 3.8) is 0 Å². The van der Waals surface area contributed by atoms with Crippen LogP contribution < -0.4 is 5.32 Å². The fourth-order valence-electron chi connectivity index (χ4n) is 1.48. The quantitative estimate of drug-likeness (QED) is 0.666. The van der Waals surface area contributed by atoms with Gasteiger partial charge in [-0.2, -0.15) is 5.10 Å². The van der Waals surface area contributed by atoms with Gasteiger partial charge in [0.2, 0.25) is 11.8 Å². The van der Waals surface area contributed by atoms with Gasteiger partial charge in [0.05, 0.1) is 6.54 Å². The van der Waals surface area contributed by atoms with Gasteiger partial charge in [-0.15, -0.1) is 0 Å². The second kappa shape index (κ2) is 4.12. The topological polar surface area (TPSA) is 67.2 Å². The molecular formula is C9H12N4O2. The van der Waals surface area contributed by atoms with Gasteiger partial charge in [0, 0.05) is 25.5 Å². The Morgan fingerprint density at radius 3 is 3.13 bits per heavy atom. The maximum Gasteiger partial charge on any atom is 0.244 e. The van der Waals surface area contributed by atoms with E-state index in [0.29, 0.717) is 13.1 Å². The van der Waals surface area contributed by atoms with Gasteiger partial charge in [-0.1, -0.05) is 0 Å². The lowest BCUT2D eigenvalue weighted by atomic mass is 10.3. The SMILES string of the molecule is O=C1CN(C(=O)Cn2cccn2)CCN1. The summed E-state index contributed by atoms with van der Waals surface area (Å²) < 4.78 is 1.55. The summed E-state index contributed by atoms with van der Waals surface area (Å²) in [5.41, 5.74) is 0. The van der Waals surface area contributed by atoms with Crippen molar-refractivity contribution in [3.8, 4) is 0 Å². The monoisotopic (exact) mass is 208 g/mol. The molecule has 1 aromatic heterocycles. The summed E-state index contributed by atoms with van der Waals surface area (Å²) in [5.74, 6) is -0.177. The van der Waals surface area contributed by atoms with Crippen molar-refractivity contribution < 1.29 is 9.59 Å². The third-order valence-electron chi connectivity index (χ3n) is 2.25. The number of carbonyl (C=O) groups excluding carboxylic acids is 2. The van der Waals surface area contributed by atoms with E-state index in [9.17, 15) is 9.59 Å². The molecule has 1 aliphatic rings. The van der Waals surface area contributed by atoms with Crippen LogP contribution in [0.1, 0.15) is 0 Å². The molecule has 6 heteroatoms. The molecular weight excluding hydrogens is 196 g/mol. The smallest absolute Gasteiger partial charge is 0.244 e. The summed E-state index contributed by atoms with van der Waals surface area (Å²) in [4.78, 5) is 24.3. The molecule has 1 aromatic rings.